The molecule has 0 saturated heterocycles. The predicted molar refractivity (Wildman–Crippen MR) is 113 cm³/mol. The van der Waals surface area contributed by atoms with Crippen molar-refractivity contribution in [2.45, 2.75) is 6.92 Å². The smallest absolute Gasteiger partial charge is 0.240 e. The van der Waals surface area contributed by atoms with Crippen molar-refractivity contribution < 1.29 is 4.74 Å². The number of rotatable bonds is 5. The van der Waals surface area contributed by atoms with Crippen molar-refractivity contribution in [3.8, 4) is 17.1 Å². The Balaban J connectivity index is 1.75. The van der Waals surface area contributed by atoms with Crippen LogP contribution in [0, 0.1) is 6.92 Å². The Morgan fingerprint density at radius 3 is 1.79 bits per heavy atom. The van der Waals surface area contributed by atoms with Gasteiger partial charge in [0.15, 0.2) is 0 Å². The molecule has 0 aliphatic heterocycles. The number of aryl methyl sites for hydroxylation is 1. The van der Waals surface area contributed by atoms with E-state index in [-0.39, 0.29) is 0 Å². The van der Waals surface area contributed by atoms with Gasteiger partial charge in [-0.2, -0.15) is 0 Å². The van der Waals surface area contributed by atoms with Gasteiger partial charge in [-0.1, -0.05) is 48.5 Å². The molecule has 0 aliphatic carbocycles. The molecule has 0 amide bonds. The monoisotopic (exact) mass is 367 g/mol. The van der Waals surface area contributed by atoms with Crippen LogP contribution < -0.4 is 9.64 Å². The first-order valence-electron chi connectivity index (χ1n) is 9.14. The number of ether oxygens (including phenoxy) is 1. The highest BCUT2D eigenvalue weighted by atomic mass is 16.5. The summed E-state index contributed by atoms with van der Waals surface area (Å²) in [5, 5.41) is 0. The van der Waals surface area contributed by atoms with Crippen LogP contribution in [0.3, 0.4) is 0 Å². The third kappa shape index (κ3) is 3.58. The van der Waals surface area contributed by atoms with Crippen LogP contribution in [-0.4, -0.2) is 17.1 Å². The number of hydrogen-bond acceptors (Lipinski definition) is 4. The largest absolute Gasteiger partial charge is 0.479 e. The molecule has 0 atom stereocenters. The number of para-hydroxylation sites is 2. The molecule has 0 N–H and O–H groups in total. The fourth-order valence-corrected chi connectivity index (χ4v) is 3.17. The molecule has 1 aromatic heterocycles. The number of anilines is 3. The highest BCUT2D eigenvalue weighted by Gasteiger charge is 2.14. The Labute approximate surface area is 165 Å². The fourth-order valence-electron chi connectivity index (χ4n) is 3.17. The summed E-state index contributed by atoms with van der Waals surface area (Å²) >= 11 is 0. The molecule has 0 aliphatic rings. The van der Waals surface area contributed by atoms with E-state index < -0.39 is 0 Å². The van der Waals surface area contributed by atoms with Crippen molar-refractivity contribution in [1.82, 2.24) is 9.97 Å². The van der Waals surface area contributed by atoms with Gasteiger partial charge in [-0.15, -0.1) is 0 Å². The summed E-state index contributed by atoms with van der Waals surface area (Å²) in [7, 11) is 1.62. The molecule has 28 heavy (non-hydrogen) atoms. The molecular formula is C24H21N3O. The highest BCUT2D eigenvalue weighted by molar-refractivity contribution is 5.78. The molecule has 0 fully saturated rings. The molecule has 1 heterocycles. The molecule has 3 aromatic carbocycles. The van der Waals surface area contributed by atoms with Crippen LogP contribution in [0.2, 0.25) is 0 Å². The van der Waals surface area contributed by atoms with Crippen LogP contribution >= 0.6 is 0 Å². The first-order valence-corrected chi connectivity index (χ1v) is 9.14. The molecule has 4 aromatic rings. The minimum atomic E-state index is 0.538. The standard InChI is InChI=1S/C24H21N3O/c1-18-17-25-23(24(26-18)28-2)19-13-15-22(16-14-19)27(20-9-5-3-6-10-20)21-11-7-4-8-12-21/h3-17H,1-2H3. The average molecular weight is 367 g/mol. The van der Waals surface area contributed by atoms with Gasteiger partial charge in [0.25, 0.3) is 0 Å². The number of aromatic nitrogens is 2. The number of nitrogens with zero attached hydrogens (tertiary/aromatic N) is 3. The van der Waals surface area contributed by atoms with Crippen molar-refractivity contribution in [2.75, 3.05) is 12.0 Å². The van der Waals surface area contributed by atoms with Crippen LogP contribution in [0.1, 0.15) is 5.69 Å². The summed E-state index contributed by atoms with van der Waals surface area (Å²) in [4.78, 5) is 11.2. The summed E-state index contributed by atoms with van der Waals surface area (Å²) in [6.07, 6.45) is 1.76. The molecule has 4 heteroatoms. The fraction of sp³-hybridized carbons (Fsp3) is 0.0833. The van der Waals surface area contributed by atoms with Crippen molar-refractivity contribution in [3.05, 3.63) is 96.8 Å². The van der Waals surface area contributed by atoms with Gasteiger partial charge in [0.2, 0.25) is 5.88 Å². The second kappa shape index (κ2) is 7.92. The lowest BCUT2D eigenvalue weighted by Crippen LogP contribution is -2.09. The van der Waals surface area contributed by atoms with E-state index in [1.54, 1.807) is 13.3 Å². The van der Waals surface area contributed by atoms with E-state index in [0.29, 0.717) is 5.88 Å². The number of hydrogen-bond donors (Lipinski definition) is 0. The molecule has 0 radical (unpaired) electrons. The van der Waals surface area contributed by atoms with Crippen molar-refractivity contribution in [2.24, 2.45) is 0 Å². The number of benzene rings is 3. The van der Waals surface area contributed by atoms with Crippen LogP contribution in [0.25, 0.3) is 11.3 Å². The zero-order valence-corrected chi connectivity index (χ0v) is 15.9. The van der Waals surface area contributed by atoms with Crippen molar-refractivity contribution >= 4 is 17.1 Å². The van der Waals surface area contributed by atoms with Gasteiger partial charge in [-0.05, 0) is 43.3 Å². The average Bonchev–Trinajstić information content (AvgIpc) is 2.76. The van der Waals surface area contributed by atoms with E-state index in [1.807, 2.05) is 43.3 Å². The SMILES string of the molecule is COc1nc(C)cnc1-c1ccc(N(c2ccccc2)c2ccccc2)cc1. The maximum atomic E-state index is 5.41. The summed E-state index contributed by atoms with van der Waals surface area (Å²) < 4.78 is 5.41. The van der Waals surface area contributed by atoms with E-state index in [4.69, 9.17) is 4.74 Å². The molecule has 0 unspecified atom stereocenters. The Morgan fingerprint density at radius 2 is 1.25 bits per heavy atom. The van der Waals surface area contributed by atoms with E-state index in [9.17, 15) is 0 Å². The third-order valence-corrected chi connectivity index (χ3v) is 4.48. The molecule has 4 nitrogen and oxygen atoms in total. The molecule has 0 bridgehead atoms. The Bertz CT molecular complexity index is 1010. The molecule has 0 saturated carbocycles. The first kappa shape index (κ1) is 17.7. The normalized spacial score (nSPS) is 10.5. The van der Waals surface area contributed by atoms with Crippen molar-refractivity contribution in [3.63, 3.8) is 0 Å². The minimum Gasteiger partial charge on any atom is -0.479 e. The summed E-state index contributed by atoms with van der Waals surface area (Å²) in [6, 6.07) is 29.0. The predicted octanol–water partition coefficient (Wildman–Crippen LogP) is 5.93. The van der Waals surface area contributed by atoms with Gasteiger partial charge < -0.3 is 9.64 Å². The Morgan fingerprint density at radius 1 is 0.714 bits per heavy atom. The van der Waals surface area contributed by atoms with E-state index >= 15 is 0 Å². The third-order valence-electron chi connectivity index (χ3n) is 4.48. The van der Waals surface area contributed by atoms with E-state index in [1.165, 1.54) is 0 Å². The van der Waals surface area contributed by atoms with Crippen LogP contribution in [-0.2, 0) is 0 Å². The lowest BCUT2D eigenvalue weighted by Gasteiger charge is -2.25. The van der Waals surface area contributed by atoms with E-state index in [2.05, 4.69) is 63.4 Å². The van der Waals surface area contributed by atoms with Crippen molar-refractivity contribution in [1.29, 1.82) is 0 Å². The topological polar surface area (TPSA) is 38.3 Å². The van der Waals surface area contributed by atoms with Gasteiger partial charge in [-0.3, -0.25) is 0 Å². The zero-order valence-electron chi connectivity index (χ0n) is 15.9. The van der Waals surface area contributed by atoms with Gasteiger partial charge in [0.05, 0.1) is 12.8 Å². The maximum absolute atomic E-state index is 5.41. The summed E-state index contributed by atoms with van der Waals surface area (Å²) in [5.41, 5.74) is 5.82. The Hall–Kier alpha value is -3.66. The quantitative estimate of drug-likeness (QED) is 0.438. The van der Waals surface area contributed by atoms with Gasteiger partial charge in [0, 0.05) is 28.8 Å². The second-order valence-electron chi connectivity index (χ2n) is 6.42. The molecule has 4 rings (SSSR count). The summed E-state index contributed by atoms with van der Waals surface area (Å²) in [5.74, 6) is 0.538. The van der Waals surface area contributed by atoms with E-state index in [0.717, 1.165) is 34.0 Å². The second-order valence-corrected chi connectivity index (χ2v) is 6.42. The molecule has 138 valence electrons. The highest BCUT2D eigenvalue weighted by Crippen LogP contribution is 2.35. The van der Waals surface area contributed by atoms with Gasteiger partial charge in [0.1, 0.15) is 5.69 Å². The maximum Gasteiger partial charge on any atom is 0.240 e. The van der Waals surface area contributed by atoms with Gasteiger partial charge in [-0.25, -0.2) is 9.97 Å². The molecular weight excluding hydrogens is 346 g/mol. The van der Waals surface area contributed by atoms with Crippen LogP contribution in [0.15, 0.2) is 91.1 Å². The van der Waals surface area contributed by atoms with Gasteiger partial charge >= 0.3 is 0 Å². The lowest BCUT2D eigenvalue weighted by molar-refractivity contribution is 0.396. The summed E-state index contributed by atoms with van der Waals surface area (Å²) in [6.45, 7) is 1.90. The van der Waals surface area contributed by atoms with Crippen LogP contribution in [0.4, 0.5) is 17.1 Å². The minimum absolute atomic E-state index is 0.538. The number of methoxy groups -OCH3 is 1. The first-order chi connectivity index (χ1) is 13.8. The van der Waals surface area contributed by atoms with Crippen LogP contribution in [0.5, 0.6) is 5.88 Å². The lowest BCUT2D eigenvalue weighted by atomic mass is 10.1. The zero-order chi connectivity index (χ0) is 19.3. The molecule has 0 spiro atoms. The Kier molecular flexibility index (Phi) is 5.02.